The molecule has 18 heavy (non-hydrogen) atoms. The van der Waals surface area contributed by atoms with E-state index >= 15 is 0 Å². The van der Waals surface area contributed by atoms with Gasteiger partial charge in [-0.25, -0.2) is 0 Å². The van der Waals surface area contributed by atoms with E-state index in [9.17, 15) is 9.59 Å². The van der Waals surface area contributed by atoms with E-state index in [1.807, 2.05) is 25.3 Å². The van der Waals surface area contributed by atoms with E-state index in [4.69, 9.17) is 5.11 Å². The van der Waals surface area contributed by atoms with Crippen molar-refractivity contribution in [2.24, 2.45) is 5.92 Å². The number of carboxylic acids is 1. The molecule has 1 amide bonds. The third kappa shape index (κ3) is 3.84. The van der Waals surface area contributed by atoms with Crippen LogP contribution in [0.1, 0.15) is 41.9 Å². The number of hydrogen-bond acceptors (Lipinski definition) is 3. The number of thiophene rings is 1. The first-order valence-corrected chi connectivity index (χ1v) is 7.05. The minimum absolute atomic E-state index is 0.163. The molecule has 0 aromatic carbocycles. The van der Waals surface area contributed by atoms with Crippen molar-refractivity contribution < 1.29 is 14.7 Å². The summed E-state index contributed by atoms with van der Waals surface area (Å²) in [5.74, 6) is -1.51. The predicted molar refractivity (Wildman–Crippen MR) is 72.1 cm³/mol. The molecule has 0 saturated carbocycles. The van der Waals surface area contributed by atoms with Crippen LogP contribution in [0, 0.1) is 5.92 Å². The van der Waals surface area contributed by atoms with Crippen LogP contribution in [0.4, 0.5) is 0 Å². The number of aliphatic carboxylic acids is 1. The second-order valence-corrected chi connectivity index (χ2v) is 5.08. The number of rotatable bonds is 7. The van der Waals surface area contributed by atoms with Gasteiger partial charge >= 0.3 is 5.97 Å². The van der Waals surface area contributed by atoms with Crippen LogP contribution >= 0.6 is 11.3 Å². The van der Waals surface area contributed by atoms with Crippen molar-refractivity contribution in [3.05, 3.63) is 21.9 Å². The number of aryl methyl sites for hydroxylation is 1. The summed E-state index contributed by atoms with van der Waals surface area (Å²) < 4.78 is 0. The first kappa shape index (κ1) is 14.7. The first-order valence-electron chi connectivity index (χ1n) is 6.17. The highest BCUT2D eigenvalue weighted by molar-refractivity contribution is 7.12. The number of amides is 1. The molecule has 0 saturated heterocycles. The van der Waals surface area contributed by atoms with Gasteiger partial charge in [0.1, 0.15) is 0 Å². The Hall–Kier alpha value is -1.36. The maximum atomic E-state index is 11.9. The lowest BCUT2D eigenvalue weighted by Gasteiger charge is -2.12. The van der Waals surface area contributed by atoms with Gasteiger partial charge in [-0.3, -0.25) is 9.59 Å². The topological polar surface area (TPSA) is 66.4 Å². The molecule has 1 rings (SSSR count). The Labute approximate surface area is 111 Å². The molecule has 1 aromatic rings. The van der Waals surface area contributed by atoms with Gasteiger partial charge in [-0.1, -0.05) is 20.3 Å². The maximum Gasteiger partial charge on any atom is 0.308 e. The smallest absolute Gasteiger partial charge is 0.308 e. The highest BCUT2D eigenvalue weighted by Gasteiger charge is 2.19. The summed E-state index contributed by atoms with van der Waals surface area (Å²) >= 11 is 1.40. The SMILES string of the molecule is CCCC(CNC(=O)c1sccc1CC)C(=O)O. The molecule has 100 valence electrons. The van der Waals surface area contributed by atoms with E-state index < -0.39 is 11.9 Å². The van der Waals surface area contributed by atoms with Crippen LogP contribution in [-0.2, 0) is 11.2 Å². The van der Waals surface area contributed by atoms with Crippen LogP contribution in [0.2, 0.25) is 0 Å². The van der Waals surface area contributed by atoms with Crippen LogP contribution in [0.5, 0.6) is 0 Å². The molecule has 1 aromatic heterocycles. The van der Waals surface area contributed by atoms with E-state index in [1.165, 1.54) is 11.3 Å². The van der Waals surface area contributed by atoms with Gasteiger partial charge in [-0.05, 0) is 29.9 Å². The van der Waals surface area contributed by atoms with Gasteiger partial charge in [0.05, 0.1) is 10.8 Å². The van der Waals surface area contributed by atoms with Gasteiger partial charge in [0.2, 0.25) is 0 Å². The maximum absolute atomic E-state index is 11.9. The summed E-state index contributed by atoms with van der Waals surface area (Å²) in [7, 11) is 0. The van der Waals surface area contributed by atoms with Gasteiger partial charge in [-0.2, -0.15) is 0 Å². The van der Waals surface area contributed by atoms with Crippen LogP contribution in [-0.4, -0.2) is 23.5 Å². The highest BCUT2D eigenvalue weighted by atomic mass is 32.1. The van der Waals surface area contributed by atoms with E-state index in [1.54, 1.807) is 0 Å². The molecule has 0 fully saturated rings. The predicted octanol–water partition coefficient (Wildman–Crippen LogP) is 2.54. The Bertz CT molecular complexity index is 414. The number of nitrogens with one attached hydrogen (secondary N) is 1. The fourth-order valence-electron chi connectivity index (χ4n) is 1.77. The molecule has 0 aliphatic carbocycles. The lowest BCUT2D eigenvalue weighted by atomic mass is 10.0. The lowest BCUT2D eigenvalue weighted by Crippen LogP contribution is -2.32. The van der Waals surface area contributed by atoms with Crippen molar-refractivity contribution in [2.45, 2.75) is 33.1 Å². The normalized spacial score (nSPS) is 12.1. The molecule has 0 bridgehead atoms. The van der Waals surface area contributed by atoms with Gasteiger partial charge in [-0.15, -0.1) is 11.3 Å². The Morgan fingerprint density at radius 2 is 2.17 bits per heavy atom. The Kier molecular flexibility index (Phi) is 5.85. The monoisotopic (exact) mass is 269 g/mol. The van der Waals surface area contributed by atoms with E-state index in [-0.39, 0.29) is 12.5 Å². The molecule has 1 unspecified atom stereocenters. The zero-order chi connectivity index (χ0) is 13.5. The second kappa shape index (κ2) is 7.16. The summed E-state index contributed by atoms with van der Waals surface area (Å²) in [5, 5.41) is 13.6. The average molecular weight is 269 g/mol. The molecule has 0 aliphatic heterocycles. The second-order valence-electron chi connectivity index (χ2n) is 4.16. The Morgan fingerprint density at radius 3 is 2.72 bits per heavy atom. The van der Waals surface area contributed by atoms with Crippen LogP contribution in [0.15, 0.2) is 11.4 Å². The van der Waals surface area contributed by atoms with Crippen molar-refractivity contribution >= 4 is 23.2 Å². The van der Waals surface area contributed by atoms with Gasteiger partial charge in [0.15, 0.2) is 0 Å². The third-order valence-corrected chi connectivity index (χ3v) is 3.78. The van der Waals surface area contributed by atoms with Crippen molar-refractivity contribution in [1.29, 1.82) is 0 Å². The molecule has 1 heterocycles. The minimum Gasteiger partial charge on any atom is -0.481 e. The molecule has 5 heteroatoms. The average Bonchev–Trinajstić information content (AvgIpc) is 2.81. The Morgan fingerprint density at radius 1 is 1.44 bits per heavy atom. The largest absolute Gasteiger partial charge is 0.481 e. The van der Waals surface area contributed by atoms with E-state index in [2.05, 4.69) is 5.32 Å². The zero-order valence-corrected chi connectivity index (χ0v) is 11.5. The van der Waals surface area contributed by atoms with Gasteiger partial charge in [0, 0.05) is 6.54 Å². The van der Waals surface area contributed by atoms with Crippen LogP contribution in [0.25, 0.3) is 0 Å². The molecule has 0 radical (unpaired) electrons. The highest BCUT2D eigenvalue weighted by Crippen LogP contribution is 2.17. The summed E-state index contributed by atoms with van der Waals surface area (Å²) in [5.41, 5.74) is 1.01. The van der Waals surface area contributed by atoms with E-state index in [0.717, 1.165) is 18.4 Å². The molecule has 1 atom stereocenters. The molecule has 4 nitrogen and oxygen atoms in total. The molecule has 0 aliphatic rings. The number of hydrogen-bond donors (Lipinski definition) is 2. The minimum atomic E-state index is -0.848. The van der Waals surface area contributed by atoms with Crippen molar-refractivity contribution in [3.8, 4) is 0 Å². The van der Waals surface area contributed by atoms with Gasteiger partial charge in [0.25, 0.3) is 5.91 Å². The third-order valence-electron chi connectivity index (χ3n) is 2.83. The summed E-state index contributed by atoms with van der Waals surface area (Å²) in [6.07, 6.45) is 2.19. The van der Waals surface area contributed by atoms with Crippen molar-refractivity contribution in [3.63, 3.8) is 0 Å². The van der Waals surface area contributed by atoms with Crippen molar-refractivity contribution in [2.75, 3.05) is 6.54 Å². The fraction of sp³-hybridized carbons (Fsp3) is 0.538. The zero-order valence-electron chi connectivity index (χ0n) is 10.7. The number of carbonyl (C=O) groups excluding carboxylic acids is 1. The van der Waals surface area contributed by atoms with Crippen LogP contribution < -0.4 is 5.32 Å². The lowest BCUT2D eigenvalue weighted by molar-refractivity contribution is -0.141. The van der Waals surface area contributed by atoms with Crippen LogP contribution in [0.3, 0.4) is 0 Å². The number of carbonyl (C=O) groups is 2. The number of carboxylic acid groups (broad SMARTS) is 1. The summed E-state index contributed by atoms with van der Waals surface area (Å²) in [4.78, 5) is 23.6. The quantitative estimate of drug-likeness (QED) is 0.799. The summed E-state index contributed by atoms with van der Waals surface area (Å²) in [6.45, 7) is 4.13. The molecule has 0 spiro atoms. The Balaban J connectivity index is 2.57. The van der Waals surface area contributed by atoms with E-state index in [0.29, 0.717) is 11.3 Å². The fourth-order valence-corrected chi connectivity index (χ4v) is 2.68. The summed E-state index contributed by atoms with van der Waals surface area (Å²) in [6, 6.07) is 1.93. The molecule has 2 N–H and O–H groups in total. The van der Waals surface area contributed by atoms with Gasteiger partial charge < -0.3 is 10.4 Å². The standard InChI is InChI=1S/C13H19NO3S/c1-3-5-10(13(16)17)8-14-12(15)11-9(4-2)6-7-18-11/h6-7,10H,3-5,8H2,1-2H3,(H,14,15)(H,16,17). The molecular weight excluding hydrogens is 250 g/mol. The van der Waals surface area contributed by atoms with Crippen molar-refractivity contribution in [1.82, 2.24) is 5.32 Å². The first-order chi connectivity index (χ1) is 8.60. The molecular formula is C13H19NO3S.